The van der Waals surface area contributed by atoms with E-state index in [-0.39, 0.29) is 23.8 Å². The molecule has 2 aromatic carbocycles. The first kappa shape index (κ1) is 22.9. The lowest BCUT2D eigenvalue weighted by Gasteiger charge is -2.14. The van der Waals surface area contributed by atoms with Gasteiger partial charge in [-0.3, -0.25) is 9.59 Å². The van der Waals surface area contributed by atoms with E-state index in [0.717, 1.165) is 5.56 Å². The molecule has 9 heteroatoms. The predicted molar refractivity (Wildman–Crippen MR) is 123 cm³/mol. The van der Waals surface area contributed by atoms with Gasteiger partial charge in [-0.1, -0.05) is 29.5 Å². The van der Waals surface area contributed by atoms with Crippen molar-refractivity contribution in [2.24, 2.45) is 0 Å². The highest BCUT2D eigenvalue weighted by atomic mass is 32.2. The van der Waals surface area contributed by atoms with Gasteiger partial charge in [-0.15, -0.1) is 0 Å². The standard InChI is InChI=1S/C23H22N4O4S/c1-4-30-19-11-15(21-17(12-24)22(29)27-23(26-21)32-3)7-10-18(19)31-13-20(28)25-16-8-5-14(2)6-9-16/h5-11H,4,13H2,1-3H3,(H,25,28)(H,26,27,29). The Morgan fingerprint density at radius 1 is 1.19 bits per heavy atom. The van der Waals surface area contributed by atoms with Crippen molar-refractivity contribution in [1.82, 2.24) is 9.97 Å². The molecule has 0 bridgehead atoms. The van der Waals surface area contributed by atoms with E-state index in [4.69, 9.17) is 9.47 Å². The van der Waals surface area contributed by atoms with E-state index in [0.29, 0.717) is 34.5 Å². The second-order valence-electron chi connectivity index (χ2n) is 6.71. The molecule has 0 atom stereocenters. The van der Waals surface area contributed by atoms with Gasteiger partial charge in [-0.05, 0) is 50.4 Å². The zero-order valence-corrected chi connectivity index (χ0v) is 18.7. The summed E-state index contributed by atoms with van der Waals surface area (Å²) in [7, 11) is 0. The summed E-state index contributed by atoms with van der Waals surface area (Å²) in [6, 6.07) is 14.3. The molecular weight excluding hydrogens is 428 g/mol. The fourth-order valence-corrected chi connectivity index (χ4v) is 3.26. The number of nitrogens with zero attached hydrogens (tertiary/aromatic N) is 2. The third kappa shape index (κ3) is 5.47. The van der Waals surface area contributed by atoms with Gasteiger partial charge in [0.25, 0.3) is 11.5 Å². The first-order chi connectivity index (χ1) is 15.4. The summed E-state index contributed by atoms with van der Waals surface area (Å²) in [5.41, 5.74) is 1.97. The lowest BCUT2D eigenvalue weighted by molar-refractivity contribution is -0.118. The highest BCUT2D eigenvalue weighted by molar-refractivity contribution is 7.98. The van der Waals surface area contributed by atoms with Crippen LogP contribution in [0.25, 0.3) is 11.3 Å². The molecular formula is C23H22N4O4S. The zero-order valence-electron chi connectivity index (χ0n) is 17.9. The lowest BCUT2D eigenvalue weighted by Crippen LogP contribution is -2.20. The molecule has 0 aliphatic carbocycles. The maximum Gasteiger partial charge on any atom is 0.270 e. The molecule has 0 radical (unpaired) electrons. The number of hydrogen-bond acceptors (Lipinski definition) is 7. The molecule has 0 spiro atoms. The van der Waals surface area contributed by atoms with Crippen molar-refractivity contribution >= 4 is 23.4 Å². The van der Waals surface area contributed by atoms with E-state index in [1.54, 1.807) is 24.5 Å². The van der Waals surface area contributed by atoms with Crippen LogP contribution in [0.2, 0.25) is 0 Å². The van der Waals surface area contributed by atoms with E-state index in [1.807, 2.05) is 44.2 Å². The summed E-state index contributed by atoms with van der Waals surface area (Å²) in [4.78, 5) is 31.4. The number of rotatable bonds is 8. The van der Waals surface area contributed by atoms with Crippen molar-refractivity contribution in [2.45, 2.75) is 19.0 Å². The van der Waals surface area contributed by atoms with Crippen molar-refractivity contribution in [3.63, 3.8) is 0 Å². The number of thioether (sulfide) groups is 1. The van der Waals surface area contributed by atoms with Crippen LogP contribution in [0.5, 0.6) is 11.5 Å². The van der Waals surface area contributed by atoms with E-state index < -0.39 is 5.56 Å². The summed E-state index contributed by atoms with van der Waals surface area (Å²) in [6.45, 7) is 3.94. The minimum absolute atomic E-state index is 0.0867. The molecule has 8 nitrogen and oxygen atoms in total. The second kappa shape index (κ2) is 10.5. The number of benzene rings is 2. The Morgan fingerprint density at radius 2 is 1.94 bits per heavy atom. The average molecular weight is 451 g/mol. The van der Waals surface area contributed by atoms with Gasteiger partial charge in [-0.2, -0.15) is 5.26 Å². The molecule has 0 saturated heterocycles. The number of hydrogen-bond donors (Lipinski definition) is 2. The smallest absolute Gasteiger partial charge is 0.270 e. The van der Waals surface area contributed by atoms with Gasteiger partial charge in [-0.25, -0.2) is 4.98 Å². The molecule has 1 heterocycles. The van der Waals surface area contributed by atoms with Gasteiger partial charge in [0.15, 0.2) is 23.3 Å². The van der Waals surface area contributed by atoms with Crippen LogP contribution in [-0.2, 0) is 4.79 Å². The van der Waals surface area contributed by atoms with Crippen molar-refractivity contribution < 1.29 is 14.3 Å². The zero-order chi connectivity index (χ0) is 23.1. The molecule has 1 aromatic heterocycles. The number of ether oxygens (including phenoxy) is 2. The van der Waals surface area contributed by atoms with Gasteiger partial charge < -0.3 is 19.8 Å². The second-order valence-corrected chi connectivity index (χ2v) is 7.50. The summed E-state index contributed by atoms with van der Waals surface area (Å²) in [5, 5.41) is 12.6. The Labute approximate surface area is 189 Å². The third-order valence-electron chi connectivity index (χ3n) is 4.41. The Kier molecular flexibility index (Phi) is 7.52. The molecule has 3 rings (SSSR count). The number of carbonyl (C=O) groups is 1. The van der Waals surface area contributed by atoms with Crippen LogP contribution in [0, 0.1) is 18.3 Å². The number of aromatic amines is 1. The lowest BCUT2D eigenvalue weighted by atomic mass is 10.1. The first-order valence-corrected chi connectivity index (χ1v) is 11.0. The van der Waals surface area contributed by atoms with Gasteiger partial charge >= 0.3 is 0 Å². The average Bonchev–Trinajstić information content (AvgIpc) is 2.79. The molecule has 3 aromatic rings. The molecule has 32 heavy (non-hydrogen) atoms. The maximum absolute atomic E-state index is 12.3. The van der Waals surface area contributed by atoms with Crippen LogP contribution in [0.15, 0.2) is 52.4 Å². The van der Waals surface area contributed by atoms with Gasteiger partial charge in [0.05, 0.1) is 12.3 Å². The minimum Gasteiger partial charge on any atom is -0.490 e. The molecule has 0 aliphatic heterocycles. The first-order valence-electron chi connectivity index (χ1n) is 9.80. The number of anilines is 1. The number of carbonyl (C=O) groups excluding carboxylic acids is 1. The largest absolute Gasteiger partial charge is 0.490 e. The van der Waals surface area contributed by atoms with Gasteiger partial charge in [0.2, 0.25) is 0 Å². The molecule has 164 valence electrons. The predicted octanol–water partition coefficient (Wildman–Crippen LogP) is 3.76. The Bertz CT molecular complexity index is 1220. The fourth-order valence-electron chi connectivity index (χ4n) is 2.88. The topological polar surface area (TPSA) is 117 Å². The van der Waals surface area contributed by atoms with Gasteiger partial charge in [0, 0.05) is 11.3 Å². The van der Waals surface area contributed by atoms with Crippen molar-refractivity contribution in [1.29, 1.82) is 5.26 Å². The minimum atomic E-state index is -0.507. The summed E-state index contributed by atoms with van der Waals surface area (Å²) >= 11 is 1.26. The quantitative estimate of drug-likeness (QED) is 0.396. The Morgan fingerprint density at radius 3 is 2.59 bits per heavy atom. The highest BCUT2D eigenvalue weighted by Gasteiger charge is 2.16. The maximum atomic E-state index is 12.3. The van der Waals surface area contributed by atoms with E-state index >= 15 is 0 Å². The van der Waals surface area contributed by atoms with Crippen molar-refractivity contribution in [2.75, 3.05) is 24.8 Å². The van der Waals surface area contributed by atoms with Crippen LogP contribution in [0.3, 0.4) is 0 Å². The van der Waals surface area contributed by atoms with Crippen LogP contribution in [0.1, 0.15) is 18.1 Å². The molecule has 0 fully saturated rings. The summed E-state index contributed by atoms with van der Waals surface area (Å²) in [6.07, 6.45) is 1.78. The number of aromatic nitrogens is 2. The molecule has 1 amide bonds. The van der Waals surface area contributed by atoms with E-state index in [1.165, 1.54) is 11.8 Å². The van der Waals surface area contributed by atoms with Crippen LogP contribution in [0.4, 0.5) is 5.69 Å². The molecule has 0 aliphatic rings. The molecule has 2 N–H and O–H groups in total. The number of nitrogens with one attached hydrogen (secondary N) is 2. The Balaban J connectivity index is 1.83. The molecule has 0 saturated carbocycles. The fraction of sp³-hybridized carbons (Fsp3) is 0.217. The van der Waals surface area contributed by atoms with E-state index in [9.17, 15) is 14.9 Å². The van der Waals surface area contributed by atoms with Crippen molar-refractivity contribution in [3.8, 4) is 28.8 Å². The summed E-state index contributed by atoms with van der Waals surface area (Å²) in [5.74, 6) is 0.431. The number of amides is 1. The van der Waals surface area contributed by atoms with E-state index in [2.05, 4.69) is 15.3 Å². The number of H-pyrrole nitrogens is 1. The number of aryl methyl sites for hydroxylation is 1. The Hall–Kier alpha value is -3.77. The van der Waals surface area contributed by atoms with Crippen LogP contribution >= 0.6 is 11.8 Å². The summed E-state index contributed by atoms with van der Waals surface area (Å²) < 4.78 is 11.3. The number of nitriles is 1. The SMILES string of the molecule is CCOc1cc(-c2nc(SC)[nH]c(=O)c2C#N)ccc1OCC(=O)Nc1ccc(C)cc1. The van der Waals surface area contributed by atoms with Crippen LogP contribution < -0.4 is 20.3 Å². The molecule has 0 unspecified atom stereocenters. The van der Waals surface area contributed by atoms with Crippen LogP contribution in [-0.4, -0.2) is 35.3 Å². The highest BCUT2D eigenvalue weighted by Crippen LogP contribution is 2.33. The normalized spacial score (nSPS) is 10.3. The van der Waals surface area contributed by atoms with Crippen molar-refractivity contribution in [3.05, 3.63) is 63.9 Å². The van der Waals surface area contributed by atoms with Gasteiger partial charge in [0.1, 0.15) is 11.6 Å². The third-order valence-corrected chi connectivity index (χ3v) is 4.99. The monoisotopic (exact) mass is 450 g/mol.